The van der Waals surface area contributed by atoms with Crippen molar-refractivity contribution in [2.24, 2.45) is 11.7 Å². The van der Waals surface area contributed by atoms with Crippen molar-refractivity contribution >= 4 is 23.5 Å². The molecule has 0 bridgehead atoms. The van der Waals surface area contributed by atoms with Crippen LogP contribution in [0.4, 0.5) is 4.79 Å². The van der Waals surface area contributed by atoms with Gasteiger partial charge in [-0.1, -0.05) is 37.6 Å². The Hall–Kier alpha value is -1.75. The molecule has 0 heterocycles. The summed E-state index contributed by atoms with van der Waals surface area (Å²) in [5.74, 6) is 0.0283. The Morgan fingerprint density at radius 2 is 1.85 bits per heavy atom. The summed E-state index contributed by atoms with van der Waals surface area (Å²) in [6.07, 6.45) is 0.537. The van der Waals surface area contributed by atoms with Crippen LogP contribution >= 0.6 is 11.6 Å². The van der Waals surface area contributed by atoms with Crippen LogP contribution in [0.15, 0.2) is 24.3 Å². The van der Waals surface area contributed by atoms with Gasteiger partial charge >= 0.3 is 6.03 Å². The van der Waals surface area contributed by atoms with Gasteiger partial charge in [0, 0.05) is 11.6 Å². The zero-order chi connectivity index (χ0) is 15.1. The summed E-state index contributed by atoms with van der Waals surface area (Å²) in [7, 11) is 0. The first-order chi connectivity index (χ1) is 9.38. The molecule has 4 N–H and O–H groups in total. The molecule has 0 aromatic heterocycles. The van der Waals surface area contributed by atoms with E-state index in [0.29, 0.717) is 18.0 Å². The molecule has 0 aliphatic rings. The molecule has 110 valence electrons. The van der Waals surface area contributed by atoms with Gasteiger partial charge in [-0.2, -0.15) is 0 Å². The summed E-state index contributed by atoms with van der Waals surface area (Å²) in [6.45, 7) is 4.33. The third kappa shape index (κ3) is 5.93. The van der Waals surface area contributed by atoms with E-state index >= 15 is 0 Å². The van der Waals surface area contributed by atoms with Gasteiger partial charge in [-0.15, -0.1) is 0 Å². The second kappa shape index (κ2) is 7.75. The number of primary amides is 1. The van der Waals surface area contributed by atoms with Crippen LogP contribution < -0.4 is 16.4 Å². The number of urea groups is 1. The van der Waals surface area contributed by atoms with E-state index in [4.69, 9.17) is 17.3 Å². The molecule has 0 fully saturated rings. The number of rotatable bonds is 6. The lowest BCUT2D eigenvalue weighted by Crippen LogP contribution is -2.48. The second-order valence-corrected chi connectivity index (χ2v) is 5.47. The first-order valence-electron chi connectivity index (χ1n) is 6.46. The largest absolute Gasteiger partial charge is 0.352 e. The zero-order valence-corrected chi connectivity index (χ0v) is 12.4. The fourth-order valence-corrected chi connectivity index (χ4v) is 1.92. The average Bonchev–Trinajstić information content (AvgIpc) is 2.36. The van der Waals surface area contributed by atoms with Gasteiger partial charge in [0.2, 0.25) is 5.91 Å². The Morgan fingerprint density at radius 3 is 2.35 bits per heavy atom. The van der Waals surface area contributed by atoms with Crippen LogP contribution in [0.1, 0.15) is 25.8 Å². The number of nitrogens with two attached hydrogens (primary N) is 1. The summed E-state index contributed by atoms with van der Waals surface area (Å²) in [4.78, 5) is 23.0. The Kier molecular flexibility index (Phi) is 6.31. The SMILES string of the molecule is CC(C)C[C@@H](NC(N)=O)C(=O)NCc1ccc(Cl)cc1. The first-order valence-corrected chi connectivity index (χ1v) is 6.84. The number of amides is 3. The number of nitrogens with one attached hydrogen (secondary N) is 2. The molecule has 0 unspecified atom stereocenters. The molecule has 1 atom stereocenters. The van der Waals surface area contributed by atoms with Gasteiger partial charge < -0.3 is 16.4 Å². The predicted molar refractivity (Wildman–Crippen MR) is 79.3 cm³/mol. The number of halogens is 1. The van der Waals surface area contributed by atoms with Crippen LogP contribution in [0, 0.1) is 5.92 Å². The van der Waals surface area contributed by atoms with Gasteiger partial charge in [-0.3, -0.25) is 4.79 Å². The minimum absolute atomic E-state index is 0.243. The number of carbonyl (C=O) groups is 2. The third-order valence-corrected chi connectivity index (χ3v) is 2.97. The van der Waals surface area contributed by atoms with Crippen molar-refractivity contribution < 1.29 is 9.59 Å². The van der Waals surface area contributed by atoms with Crippen molar-refractivity contribution in [3.05, 3.63) is 34.9 Å². The lowest BCUT2D eigenvalue weighted by atomic mass is 10.0. The van der Waals surface area contributed by atoms with Gasteiger partial charge in [0.15, 0.2) is 0 Å². The molecule has 3 amide bonds. The van der Waals surface area contributed by atoms with E-state index in [0.717, 1.165) is 5.56 Å². The molecule has 0 radical (unpaired) electrons. The second-order valence-electron chi connectivity index (χ2n) is 5.03. The Morgan fingerprint density at radius 1 is 1.25 bits per heavy atom. The zero-order valence-electron chi connectivity index (χ0n) is 11.7. The molecule has 1 aromatic carbocycles. The predicted octanol–water partition coefficient (Wildman–Crippen LogP) is 2.04. The molecular formula is C14H20ClN3O2. The highest BCUT2D eigenvalue weighted by Crippen LogP contribution is 2.10. The Balaban J connectivity index is 2.56. The summed E-state index contributed by atoms with van der Waals surface area (Å²) in [5.41, 5.74) is 6.02. The van der Waals surface area contributed by atoms with E-state index < -0.39 is 12.1 Å². The molecule has 0 aliphatic carbocycles. The van der Waals surface area contributed by atoms with E-state index in [-0.39, 0.29) is 11.8 Å². The number of benzene rings is 1. The highest BCUT2D eigenvalue weighted by molar-refractivity contribution is 6.30. The topological polar surface area (TPSA) is 84.2 Å². The van der Waals surface area contributed by atoms with Crippen LogP contribution in [-0.2, 0) is 11.3 Å². The molecule has 6 heteroatoms. The van der Waals surface area contributed by atoms with E-state index in [1.165, 1.54) is 0 Å². The minimum atomic E-state index is -0.697. The average molecular weight is 298 g/mol. The van der Waals surface area contributed by atoms with Crippen molar-refractivity contribution in [3.8, 4) is 0 Å². The van der Waals surface area contributed by atoms with Gasteiger partial charge in [-0.05, 0) is 30.0 Å². The minimum Gasteiger partial charge on any atom is -0.352 e. The maximum Gasteiger partial charge on any atom is 0.312 e. The highest BCUT2D eigenvalue weighted by Gasteiger charge is 2.20. The summed E-state index contributed by atoms with van der Waals surface area (Å²) < 4.78 is 0. The molecule has 0 spiro atoms. The van der Waals surface area contributed by atoms with E-state index in [1.54, 1.807) is 12.1 Å². The van der Waals surface area contributed by atoms with Crippen molar-refractivity contribution in [1.82, 2.24) is 10.6 Å². The lowest BCUT2D eigenvalue weighted by molar-refractivity contribution is -0.123. The molecule has 5 nitrogen and oxygen atoms in total. The van der Waals surface area contributed by atoms with Crippen molar-refractivity contribution in [2.75, 3.05) is 0 Å². The van der Waals surface area contributed by atoms with Crippen LogP contribution in [0.3, 0.4) is 0 Å². The normalized spacial score (nSPS) is 12.0. The molecule has 0 saturated heterocycles. The maximum absolute atomic E-state index is 12.0. The fourth-order valence-electron chi connectivity index (χ4n) is 1.79. The fraction of sp³-hybridized carbons (Fsp3) is 0.429. The van der Waals surface area contributed by atoms with E-state index in [9.17, 15) is 9.59 Å². The smallest absolute Gasteiger partial charge is 0.312 e. The molecular weight excluding hydrogens is 278 g/mol. The first kappa shape index (κ1) is 16.3. The van der Waals surface area contributed by atoms with Crippen LogP contribution in [0.25, 0.3) is 0 Å². The van der Waals surface area contributed by atoms with E-state index in [1.807, 2.05) is 26.0 Å². The molecule has 20 heavy (non-hydrogen) atoms. The Labute approximate surface area is 123 Å². The van der Waals surface area contributed by atoms with Gasteiger partial charge in [0.25, 0.3) is 0 Å². The highest BCUT2D eigenvalue weighted by atomic mass is 35.5. The number of carbonyl (C=O) groups excluding carboxylic acids is 2. The van der Waals surface area contributed by atoms with Crippen LogP contribution in [-0.4, -0.2) is 18.0 Å². The van der Waals surface area contributed by atoms with Gasteiger partial charge in [-0.25, -0.2) is 4.79 Å². The standard InChI is InChI=1S/C14H20ClN3O2/c1-9(2)7-12(18-14(16)20)13(19)17-8-10-3-5-11(15)6-4-10/h3-6,9,12H,7-8H2,1-2H3,(H,17,19)(H3,16,18,20)/t12-/m1/s1. The Bertz CT molecular complexity index is 460. The molecule has 1 aromatic rings. The lowest BCUT2D eigenvalue weighted by Gasteiger charge is -2.19. The van der Waals surface area contributed by atoms with Crippen molar-refractivity contribution in [1.29, 1.82) is 0 Å². The molecule has 0 aliphatic heterocycles. The van der Waals surface area contributed by atoms with Crippen LogP contribution in [0.2, 0.25) is 5.02 Å². The van der Waals surface area contributed by atoms with Gasteiger partial charge in [0.05, 0.1) is 0 Å². The molecule has 1 rings (SSSR count). The monoisotopic (exact) mass is 297 g/mol. The van der Waals surface area contributed by atoms with Crippen molar-refractivity contribution in [2.45, 2.75) is 32.9 Å². The quantitative estimate of drug-likeness (QED) is 0.750. The van der Waals surface area contributed by atoms with Crippen molar-refractivity contribution in [3.63, 3.8) is 0 Å². The molecule has 0 saturated carbocycles. The summed E-state index contributed by atoms with van der Waals surface area (Å²) in [6, 6.07) is 5.88. The maximum atomic E-state index is 12.0. The van der Waals surface area contributed by atoms with Gasteiger partial charge in [0.1, 0.15) is 6.04 Å². The number of hydrogen-bond acceptors (Lipinski definition) is 2. The third-order valence-electron chi connectivity index (χ3n) is 2.72. The van der Waals surface area contributed by atoms with Crippen LogP contribution in [0.5, 0.6) is 0 Å². The summed E-state index contributed by atoms with van der Waals surface area (Å²) >= 11 is 5.79. The number of hydrogen-bond donors (Lipinski definition) is 3. The van der Waals surface area contributed by atoms with E-state index in [2.05, 4.69) is 10.6 Å². The summed E-state index contributed by atoms with van der Waals surface area (Å²) in [5, 5.41) is 5.89.